The number of ether oxygens (including phenoxy) is 1. The molecule has 2 aromatic carbocycles. The van der Waals surface area contributed by atoms with Crippen LogP contribution < -0.4 is 20.7 Å². The molecule has 3 aliphatic rings. The minimum absolute atomic E-state index is 0.0536. The summed E-state index contributed by atoms with van der Waals surface area (Å²) in [5.41, 5.74) is 8.94. The highest BCUT2D eigenvalue weighted by atomic mass is 19.1. The molecular formula is C28H32F2N4O2. The minimum atomic E-state index is -0.796. The van der Waals surface area contributed by atoms with Crippen LogP contribution in [0, 0.1) is 17.6 Å². The van der Waals surface area contributed by atoms with E-state index in [0.29, 0.717) is 23.3 Å². The molecule has 3 N–H and O–H groups in total. The second kappa shape index (κ2) is 10.4. The third-order valence-electron chi connectivity index (χ3n) is 7.24. The first-order valence-corrected chi connectivity index (χ1v) is 12.7. The number of nitrogens with two attached hydrogens (primary N) is 1. The minimum Gasteiger partial charge on any atom is -0.453 e. The van der Waals surface area contributed by atoms with Crippen LogP contribution in [-0.4, -0.2) is 37.3 Å². The molecule has 1 atom stereocenters. The molecule has 36 heavy (non-hydrogen) atoms. The third kappa shape index (κ3) is 5.00. The van der Waals surface area contributed by atoms with E-state index in [9.17, 15) is 13.6 Å². The monoisotopic (exact) mass is 494 g/mol. The number of benzene rings is 2. The number of nitrogens with zero attached hydrogens (tertiary/aromatic N) is 2. The first-order chi connectivity index (χ1) is 17.5. The number of hydrogen-bond acceptors (Lipinski definition) is 5. The fourth-order valence-electron chi connectivity index (χ4n) is 5.02. The molecule has 0 spiro atoms. The molecule has 1 saturated carbocycles. The molecule has 1 aliphatic carbocycles. The van der Waals surface area contributed by atoms with E-state index in [1.807, 2.05) is 24.0 Å². The zero-order chi connectivity index (χ0) is 25.2. The van der Waals surface area contributed by atoms with Gasteiger partial charge in [-0.05, 0) is 82.8 Å². The zero-order valence-electron chi connectivity index (χ0n) is 20.5. The standard InChI is InChI=1S/C28H32F2N4O2/c1-17-2-6-23-25(34(17)28(35)18-3-4-18)8-7-22(19(15-31)16-33-21-10-12-32-13-11-21)27(23)36-26-9-5-20(29)14-24(26)30/h5,7-9,14-18,21,32H,2-4,6,10-13,31H2,1H3. The van der Waals surface area contributed by atoms with Crippen molar-refractivity contribution in [2.24, 2.45) is 16.6 Å². The second-order valence-electron chi connectivity index (χ2n) is 9.87. The highest BCUT2D eigenvalue weighted by molar-refractivity contribution is 6.11. The summed E-state index contributed by atoms with van der Waals surface area (Å²) in [6.07, 6.45) is 8.34. The predicted octanol–water partition coefficient (Wildman–Crippen LogP) is 4.96. The van der Waals surface area contributed by atoms with Crippen LogP contribution in [0.4, 0.5) is 14.5 Å². The van der Waals surface area contributed by atoms with Crippen molar-refractivity contribution in [3.8, 4) is 11.5 Å². The average molecular weight is 495 g/mol. The first-order valence-electron chi connectivity index (χ1n) is 12.7. The molecule has 2 aliphatic heterocycles. The topological polar surface area (TPSA) is 80.0 Å². The number of hydrogen-bond donors (Lipinski definition) is 2. The Balaban J connectivity index is 1.58. The molecule has 1 saturated heterocycles. The van der Waals surface area contributed by atoms with Crippen molar-refractivity contribution in [2.45, 2.75) is 57.5 Å². The quantitative estimate of drug-likeness (QED) is 0.557. The van der Waals surface area contributed by atoms with Crippen LogP contribution in [0.2, 0.25) is 0 Å². The van der Waals surface area contributed by atoms with E-state index in [2.05, 4.69) is 5.32 Å². The number of carbonyl (C=O) groups excluding carboxylic acids is 1. The summed E-state index contributed by atoms with van der Waals surface area (Å²) in [4.78, 5) is 19.8. The van der Waals surface area contributed by atoms with Crippen LogP contribution in [-0.2, 0) is 11.2 Å². The van der Waals surface area contributed by atoms with Gasteiger partial charge in [0.25, 0.3) is 0 Å². The highest BCUT2D eigenvalue weighted by Crippen LogP contribution is 2.45. The van der Waals surface area contributed by atoms with Crippen LogP contribution in [0.25, 0.3) is 5.57 Å². The maximum Gasteiger partial charge on any atom is 0.230 e. The fraction of sp³-hybridized carbons (Fsp3) is 0.429. The zero-order valence-corrected chi connectivity index (χ0v) is 20.5. The Morgan fingerprint density at radius 2 is 1.92 bits per heavy atom. The van der Waals surface area contributed by atoms with Crippen LogP contribution in [0.5, 0.6) is 11.5 Å². The van der Waals surface area contributed by atoms with E-state index in [4.69, 9.17) is 15.5 Å². The average Bonchev–Trinajstić information content (AvgIpc) is 3.72. The van der Waals surface area contributed by atoms with Gasteiger partial charge in [-0.2, -0.15) is 0 Å². The largest absolute Gasteiger partial charge is 0.453 e. The summed E-state index contributed by atoms with van der Waals surface area (Å²) in [5.74, 6) is -0.953. The molecule has 6 nitrogen and oxygen atoms in total. The van der Waals surface area contributed by atoms with Crippen molar-refractivity contribution in [3.05, 3.63) is 59.3 Å². The van der Waals surface area contributed by atoms with Crippen molar-refractivity contribution in [1.29, 1.82) is 0 Å². The number of halogens is 2. The van der Waals surface area contributed by atoms with Crippen LogP contribution >= 0.6 is 0 Å². The lowest BCUT2D eigenvalue weighted by molar-refractivity contribution is -0.120. The number of aliphatic imine (C=N–C) groups is 1. The van der Waals surface area contributed by atoms with E-state index in [1.165, 1.54) is 12.3 Å². The van der Waals surface area contributed by atoms with Crippen LogP contribution in [0.1, 0.15) is 50.2 Å². The third-order valence-corrected chi connectivity index (χ3v) is 7.24. The number of allylic oxidation sites excluding steroid dienone is 1. The Labute approximate surface area is 210 Å². The van der Waals surface area contributed by atoms with Gasteiger partial charge >= 0.3 is 0 Å². The highest BCUT2D eigenvalue weighted by Gasteiger charge is 2.39. The van der Waals surface area contributed by atoms with Gasteiger partial charge in [0.2, 0.25) is 5.91 Å². The Hall–Kier alpha value is -3.26. The van der Waals surface area contributed by atoms with Gasteiger partial charge < -0.3 is 20.7 Å². The number of amides is 1. The van der Waals surface area contributed by atoms with Crippen molar-refractivity contribution in [1.82, 2.24) is 5.32 Å². The maximum absolute atomic E-state index is 14.7. The molecule has 1 amide bonds. The summed E-state index contributed by atoms with van der Waals surface area (Å²) in [6.45, 7) is 3.89. The van der Waals surface area contributed by atoms with Gasteiger partial charge in [0.15, 0.2) is 11.6 Å². The molecule has 5 rings (SSSR count). The first kappa shape index (κ1) is 24.4. The second-order valence-corrected chi connectivity index (χ2v) is 9.87. The number of fused-ring (bicyclic) bond motifs is 1. The molecule has 2 fully saturated rings. The van der Waals surface area contributed by atoms with E-state index >= 15 is 0 Å². The van der Waals surface area contributed by atoms with Gasteiger partial charge in [-0.25, -0.2) is 8.78 Å². The predicted molar refractivity (Wildman–Crippen MR) is 137 cm³/mol. The van der Waals surface area contributed by atoms with Crippen molar-refractivity contribution < 1.29 is 18.3 Å². The number of rotatable bonds is 6. The van der Waals surface area contributed by atoms with Gasteiger partial charge in [-0.3, -0.25) is 9.79 Å². The van der Waals surface area contributed by atoms with E-state index in [1.54, 1.807) is 6.21 Å². The number of carbonyl (C=O) groups is 1. The van der Waals surface area contributed by atoms with Crippen molar-refractivity contribution in [2.75, 3.05) is 18.0 Å². The van der Waals surface area contributed by atoms with Gasteiger partial charge in [-0.15, -0.1) is 0 Å². The van der Waals surface area contributed by atoms with E-state index in [-0.39, 0.29) is 29.7 Å². The molecule has 190 valence electrons. The number of anilines is 1. The summed E-state index contributed by atoms with van der Waals surface area (Å²) in [5, 5.41) is 3.33. The van der Waals surface area contributed by atoms with E-state index in [0.717, 1.165) is 68.6 Å². The fourth-order valence-corrected chi connectivity index (χ4v) is 5.02. The summed E-state index contributed by atoms with van der Waals surface area (Å²) in [7, 11) is 0. The summed E-state index contributed by atoms with van der Waals surface area (Å²) >= 11 is 0. The number of nitrogens with one attached hydrogen (secondary N) is 1. The molecule has 8 heteroatoms. The van der Waals surface area contributed by atoms with Crippen molar-refractivity contribution >= 4 is 23.4 Å². The normalized spacial score (nSPS) is 21.0. The Morgan fingerprint density at radius 3 is 2.61 bits per heavy atom. The SMILES string of the molecule is CC1CCc2c(ccc(C(C=NC3CCNCC3)=CN)c2Oc2ccc(F)cc2F)N1C(=O)C1CC1. The van der Waals surface area contributed by atoms with Crippen LogP contribution in [0.15, 0.2) is 41.5 Å². The van der Waals surface area contributed by atoms with Gasteiger partial charge in [0.1, 0.15) is 11.6 Å². The van der Waals surface area contributed by atoms with Gasteiger partial charge in [0, 0.05) is 47.1 Å². The molecule has 0 bridgehead atoms. The lowest BCUT2D eigenvalue weighted by Crippen LogP contribution is -2.43. The maximum atomic E-state index is 14.7. The smallest absolute Gasteiger partial charge is 0.230 e. The Bertz CT molecular complexity index is 1200. The molecule has 2 heterocycles. The van der Waals surface area contributed by atoms with Gasteiger partial charge in [0.05, 0.1) is 11.7 Å². The number of piperidine rings is 1. The van der Waals surface area contributed by atoms with Gasteiger partial charge in [-0.1, -0.05) is 0 Å². The van der Waals surface area contributed by atoms with Crippen molar-refractivity contribution in [3.63, 3.8) is 0 Å². The molecule has 0 aromatic heterocycles. The summed E-state index contributed by atoms with van der Waals surface area (Å²) in [6, 6.07) is 7.28. The Morgan fingerprint density at radius 1 is 1.14 bits per heavy atom. The Kier molecular flexibility index (Phi) is 7.05. The molecule has 0 radical (unpaired) electrons. The van der Waals surface area contributed by atoms with Crippen LogP contribution in [0.3, 0.4) is 0 Å². The lowest BCUT2D eigenvalue weighted by atomic mass is 9.91. The molecule has 2 aromatic rings. The van der Waals surface area contributed by atoms with E-state index < -0.39 is 11.6 Å². The molecular weight excluding hydrogens is 462 g/mol. The lowest BCUT2D eigenvalue weighted by Gasteiger charge is -2.37. The summed E-state index contributed by atoms with van der Waals surface area (Å²) < 4.78 is 34.4. The molecule has 1 unspecified atom stereocenters.